The topological polar surface area (TPSA) is 217 Å². The Morgan fingerprint density at radius 3 is 2.41 bits per heavy atom. The first kappa shape index (κ1) is 27.6. The fourth-order valence-electron chi connectivity index (χ4n) is 5.05. The molecule has 1 aliphatic carbocycles. The molecule has 1 saturated carbocycles. The largest absolute Gasteiger partial charge is 0.388 e. The Morgan fingerprint density at radius 1 is 1.12 bits per heavy atom. The lowest BCUT2D eigenvalue weighted by atomic mass is 9.83. The molecule has 0 spiro atoms. The van der Waals surface area contributed by atoms with Gasteiger partial charge in [0.25, 0.3) is 0 Å². The minimum Gasteiger partial charge on any atom is -0.388 e. The molecule has 13 nitrogen and oxygen atoms in total. The zero-order valence-corrected chi connectivity index (χ0v) is 20.0. The predicted octanol–water partition coefficient (Wildman–Crippen LogP) is -3.80. The standard InChI is InChI=1S/C21H41N5O8/c1-9(27)26-13-6-12(24)16(33-20-15(29)18(25-3)21(2,30)8-31-20)14(28)17(13)34-19-11(23)5-4-10(7-22)32-19/h10-20,25,28-30H,4-8,22-24H2,1-3H3,(H,26,27)/t10?,11-,12-,13+,14-,15-,16+,17-,18-,19-,20-,21+/m1/s1. The van der Waals surface area contributed by atoms with E-state index in [1.165, 1.54) is 6.92 Å². The number of nitrogens with two attached hydrogens (primary N) is 3. The molecule has 13 heteroatoms. The van der Waals surface area contributed by atoms with E-state index in [9.17, 15) is 20.1 Å². The highest BCUT2D eigenvalue weighted by molar-refractivity contribution is 5.73. The second kappa shape index (κ2) is 11.4. The molecule has 1 unspecified atom stereocenters. The Kier molecular flexibility index (Phi) is 9.25. The van der Waals surface area contributed by atoms with Crippen LogP contribution >= 0.6 is 0 Å². The number of ether oxygens (including phenoxy) is 4. The highest BCUT2D eigenvalue weighted by Gasteiger charge is 2.51. The molecule has 2 saturated heterocycles. The number of nitrogens with one attached hydrogen (secondary N) is 2. The SMILES string of the molecule is CN[C@@H]1[C@@H](O)[C@@H](O[C@@H]2[C@@H](O)[C@H](O[C@H]3OC(CN)CC[C@H]3N)[C@@H](NC(C)=O)C[C@H]2N)OC[C@]1(C)O. The van der Waals surface area contributed by atoms with Crippen LogP contribution in [0, 0.1) is 0 Å². The van der Waals surface area contributed by atoms with Gasteiger partial charge in [0, 0.05) is 19.5 Å². The lowest BCUT2D eigenvalue weighted by Crippen LogP contribution is -2.69. The molecule has 0 aromatic rings. The highest BCUT2D eigenvalue weighted by Crippen LogP contribution is 2.32. The molecular weight excluding hydrogens is 450 g/mol. The number of amides is 1. The molecule has 0 aromatic heterocycles. The number of hydrogen-bond donors (Lipinski definition) is 8. The van der Waals surface area contributed by atoms with E-state index in [0.717, 1.165) is 0 Å². The summed E-state index contributed by atoms with van der Waals surface area (Å²) in [6.07, 6.45) is -5.16. The summed E-state index contributed by atoms with van der Waals surface area (Å²) in [6, 6.07) is -2.51. The van der Waals surface area contributed by atoms with E-state index < -0.39 is 66.8 Å². The fourth-order valence-corrected chi connectivity index (χ4v) is 5.05. The number of carbonyl (C=O) groups is 1. The van der Waals surface area contributed by atoms with Crippen molar-refractivity contribution in [1.29, 1.82) is 0 Å². The van der Waals surface area contributed by atoms with Gasteiger partial charge in [0.1, 0.15) is 30.0 Å². The van der Waals surface area contributed by atoms with E-state index in [4.69, 9.17) is 36.1 Å². The number of hydrogen-bond acceptors (Lipinski definition) is 12. The summed E-state index contributed by atoms with van der Waals surface area (Å²) in [5, 5.41) is 38.1. The second-order valence-corrected chi connectivity index (χ2v) is 9.80. The van der Waals surface area contributed by atoms with Crippen LogP contribution < -0.4 is 27.8 Å². The number of aliphatic hydroxyl groups excluding tert-OH is 2. The zero-order valence-electron chi connectivity index (χ0n) is 20.0. The van der Waals surface area contributed by atoms with Gasteiger partial charge in [-0.25, -0.2) is 0 Å². The monoisotopic (exact) mass is 491 g/mol. The Morgan fingerprint density at radius 2 is 1.79 bits per heavy atom. The zero-order chi connectivity index (χ0) is 25.2. The summed E-state index contributed by atoms with van der Waals surface area (Å²) in [4.78, 5) is 11.8. The van der Waals surface area contributed by atoms with E-state index >= 15 is 0 Å². The van der Waals surface area contributed by atoms with Crippen molar-refractivity contribution < 1.29 is 39.1 Å². The van der Waals surface area contributed by atoms with Crippen LogP contribution in [0.25, 0.3) is 0 Å². The summed E-state index contributed by atoms with van der Waals surface area (Å²) in [5.74, 6) is -0.309. The van der Waals surface area contributed by atoms with Crippen LogP contribution in [0.5, 0.6) is 0 Å². The third kappa shape index (κ3) is 6.05. The van der Waals surface area contributed by atoms with Crippen molar-refractivity contribution in [3.8, 4) is 0 Å². The van der Waals surface area contributed by atoms with Gasteiger partial charge in [-0.15, -0.1) is 0 Å². The van der Waals surface area contributed by atoms with E-state index in [-0.39, 0.29) is 25.0 Å². The number of aliphatic hydroxyl groups is 3. The molecule has 0 radical (unpaired) electrons. The van der Waals surface area contributed by atoms with Crippen LogP contribution in [0.1, 0.15) is 33.1 Å². The molecule has 2 heterocycles. The van der Waals surface area contributed by atoms with Crippen molar-refractivity contribution in [2.75, 3.05) is 20.2 Å². The van der Waals surface area contributed by atoms with Gasteiger partial charge in [-0.2, -0.15) is 0 Å². The summed E-state index contributed by atoms with van der Waals surface area (Å²) in [7, 11) is 1.61. The van der Waals surface area contributed by atoms with E-state index in [2.05, 4.69) is 10.6 Å². The van der Waals surface area contributed by atoms with Crippen LogP contribution in [0.2, 0.25) is 0 Å². The summed E-state index contributed by atoms with van der Waals surface area (Å²) >= 11 is 0. The van der Waals surface area contributed by atoms with Crippen molar-refractivity contribution in [3.05, 3.63) is 0 Å². The Balaban J connectivity index is 1.77. The normalized spacial score (nSPS) is 47.9. The second-order valence-electron chi connectivity index (χ2n) is 9.80. The third-order valence-electron chi connectivity index (χ3n) is 6.89. The molecule has 1 amide bonds. The van der Waals surface area contributed by atoms with Crippen LogP contribution in [-0.4, -0.2) is 114 Å². The molecule has 0 bridgehead atoms. The smallest absolute Gasteiger partial charge is 0.217 e. The van der Waals surface area contributed by atoms with Crippen LogP contribution in [-0.2, 0) is 23.7 Å². The molecule has 2 aliphatic heterocycles. The number of carbonyl (C=O) groups excluding carboxylic acids is 1. The molecule has 0 aromatic carbocycles. The maximum absolute atomic E-state index is 11.8. The van der Waals surface area contributed by atoms with Crippen molar-refractivity contribution in [2.45, 2.75) is 106 Å². The lowest BCUT2D eigenvalue weighted by Gasteiger charge is -2.49. The lowest BCUT2D eigenvalue weighted by molar-refractivity contribution is -0.307. The maximum Gasteiger partial charge on any atom is 0.217 e. The first-order chi connectivity index (χ1) is 16.0. The minimum absolute atomic E-state index is 0.0992. The summed E-state index contributed by atoms with van der Waals surface area (Å²) in [6.45, 7) is 3.11. The summed E-state index contributed by atoms with van der Waals surface area (Å²) in [5.41, 5.74) is 16.9. The van der Waals surface area contributed by atoms with Gasteiger partial charge in [0.15, 0.2) is 12.6 Å². The Labute approximate surface area is 199 Å². The molecule has 198 valence electrons. The fraction of sp³-hybridized carbons (Fsp3) is 0.952. The van der Waals surface area contributed by atoms with Crippen molar-refractivity contribution in [3.63, 3.8) is 0 Å². The molecule has 11 N–H and O–H groups in total. The number of rotatable bonds is 7. The molecule has 3 fully saturated rings. The van der Waals surface area contributed by atoms with Gasteiger partial charge < -0.3 is 62.1 Å². The molecule has 3 aliphatic rings. The molecule has 34 heavy (non-hydrogen) atoms. The predicted molar refractivity (Wildman–Crippen MR) is 120 cm³/mol. The van der Waals surface area contributed by atoms with Crippen molar-refractivity contribution in [1.82, 2.24) is 10.6 Å². The van der Waals surface area contributed by atoms with Gasteiger partial charge in [-0.05, 0) is 33.2 Å². The van der Waals surface area contributed by atoms with Gasteiger partial charge in [-0.1, -0.05) is 0 Å². The molecule has 12 atom stereocenters. The van der Waals surface area contributed by atoms with E-state index in [0.29, 0.717) is 19.4 Å². The van der Waals surface area contributed by atoms with E-state index in [1.54, 1.807) is 14.0 Å². The first-order valence-electron chi connectivity index (χ1n) is 11.8. The first-order valence-corrected chi connectivity index (χ1v) is 11.8. The van der Waals surface area contributed by atoms with Gasteiger partial charge >= 0.3 is 0 Å². The Bertz CT molecular complexity index is 688. The van der Waals surface area contributed by atoms with Crippen LogP contribution in [0.4, 0.5) is 0 Å². The van der Waals surface area contributed by atoms with Gasteiger partial charge in [0.2, 0.25) is 5.91 Å². The van der Waals surface area contributed by atoms with Gasteiger partial charge in [0.05, 0.1) is 30.8 Å². The average molecular weight is 492 g/mol. The quantitative estimate of drug-likeness (QED) is 0.172. The van der Waals surface area contributed by atoms with Crippen LogP contribution in [0.3, 0.4) is 0 Å². The molecule has 3 rings (SSSR count). The minimum atomic E-state index is -1.32. The highest BCUT2D eigenvalue weighted by atomic mass is 16.7. The third-order valence-corrected chi connectivity index (χ3v) is 6.89. The van der Waals surface area contributed by atoms with Crippen molar-refractivity contribution in [2.24, 2.45) is 17.2 Å². The number of likely N-dealkylation sites (N-methyl/N-ethyl adjacent to an activating group) is 1. The summed E-state index contributed by atoms with van der Waals surface area (Å²) < 4.78 is 23.5. The average Bonchev–Trinajstić information content (AvgIpc) is 2.76. The van der Waals surface area contributed by atoms with Crippen LogP contribution in [0.15, 0.2) is 0 Å². The van der Waals surface area contributed by atoms with Gasteiger partial charge in [-0.3, -0.25) is 4.79 Å². The van der Waals surface area contributed by atoms with E-state index in [1.807, 2.05) is 0 Å². The maximum atomic E-state index is 11.8. The van der Waals surface area contributed by atoms with Crippen molar-refractivity contribution >= 4 is 5.91 Å². The molecular formula is C21H41N5O8. The Hall–Kier alpha value is -0.970.